The molecule has 0 amide bonds. The van der Waals surface area contributed by atoms with Crippen molar-refractivity contribution < 1.29 is 0 Å². The number of guanidine groups is 1. The van der Waals surface area contributed by atoms with Crippen LogP contribution in [0.5, 0.6) is 0 Å². The number of hydrogen-bond acceptors (Lipinski definition) is 3. The highest BCUT2D eigenvalue weighted by Gasteiger charge is 2.21. The first-order valence-electron chi connectivity index (χ1n) is 8.36. The van der Waals surface area contributed by atoms with Gasteiger partial charge in [0.05, 0.1) is 12.2 Å². The standard InChI is InChI=1S/C16H30N6/c1-5-17-16(18-12-15-6-9-19-21(15)4)20-14-7-10-22(11-8-14)13(2)3/h6,9,13-14H,5,7-8,10-12H2,1-4H3,(H2,17,18,20). The number of rotatable bonds is 5. The van der Waals surface area contributed by atoms with Gasteiger partial charge in [-0.05, 0) is 39.7 Å². The zero-order chi connectivity index (χ0) is 15.9. The van der Waals surface area contributed by atoms with E-state index < -0.39 is 0 Å². The van der Waals surface area contributed by atoms with Gasteiger partial charge in [-0.25, -0.2) is 4.99 Å². The highest BCUT2D eigenvalue weighted by atomic mass is 15.3. The maximum atomic E-state index is 4.68. The number of aliphatic imine (C=N–C) groups is 1. The van der Waals surface area contributed by atoms with E-state index in [0.29, 0.717) is 18.6 Å². The number of aryl methyl sites for hydroxylation is 1. The maximum Gasteiger partial charge on any atom is 0.191 e. The molecule has 1 aliphatic heterocycles. The van der Waals surface area contributed by atoms with E-state index in [0.717, 1.165) is 31.3 Å². The van der Waals surface area contributed by atoms with Gasteiger partial charge < -0.3 is 15.5 Å². The van der Waals surface area contributed by atoms with Crippen LogP contribution in [-0.2, 0) is 13.6 Å². The summed E-state index contributed by atoms with van der Waals surface area (Å²) in [4.78, 5) is 7.22. The summed E-state index contributed by atoms with van der Waals surface area (Å²) in [7, 11) is 1.95. The molecular formula is C16H30N6. The first kappa shape index (κ1) is 16.8. The highest BCUT2D eigenvalue weighted by Crippen LogP contribution is 2.12. The molecule has 0 saturated carbocycles. The molecule has 0 spiro atoms. The molecule has 0 atom stereocenters. The Morgan fingerprint density at radius 3 is 2.68 bits per heavy atom. The lowest BCUT2D eigenvalue weighted by Crippen LogP contribution is -2.49. The zero-order valence-corrected chi connectivity index (χ0v) is 14.3. The van der Waals surface area contributed by atoms with E-state index in [2.05, 4.69) is 46.4 Å². The van der Waals surface area contributed by atoms with Gasteiger partial charge in [-0.1, -0.05) is 0 Å². The number of hydrogen-bond donors (Lipinski definition) is 2. The second kappa shape index (κ2) is 8.17. The summed E-state index contributed by atoms with van der Waals surface area (Å²) in [6.45, 7) is 10.5. The quantitative estimate of drug-likeness (QED) is 0.637. The Labute approximate surface area is 134 Å². The maximum absolute atomic E-state index is 4.68. The van der Waals surface area contributed by atoms with E-state index in [4.69, 9.17) is 0 Å². The lowest BCUT2D eigenvalue weighted by atomic mass is 10.0. The summed E-state index contributed by atoms with van der Waals surface area (Å²) in [5.74, 6) is 0.909. The summed E-state index contributed by atoms with van der Waals surface area (Å²) < 4.78 is 1.87. The van der Waals surface area contributed by atoms with Crippen molar-refractivity contribution in [3.05, 3.63) is 18.0 Å². The molecule has 1 aromatic rings. The summed E-state index contributed by atoms with van der Waals surface area (Å²) in [6, 6.07) is 3.17. The molecule has 1 saturated heterocycles. The van der Waals surface area contributed by atoms with Crippen LogP contribution in [0, 0.1) is 0 Å². The topological polar surface area (TPSA) is 57.5 Å². The zero-order valence-electron chi connectivity index (χ0n) is 14.3. The fourth-order valence-corrected chi connectivity index (χ4v) is 2.79. The molecule has 6 heteroatoms. The molecular weight excluding hydrogens is 276 g/mol. The molecule has 1 aromatic heterocycles. The van der Waals surface area contributed by atoms with Gasteiger partial charge in [-0.2, -0.15) is 5.10 Å². The van der Waals surface area contributed by atoms with Crippen molar-refractivity contribution >= 4 is 5.96 Å². The fourth-order valence-electron chi connectivity index (χ4n) is 2.79. The summed E-state index contributed by atoms with van der Waals surface area (Å²) in [5, 5.41) is 11.1. The molecule has 0 aliphatic carbocycles. The average molecular weight is 306 g/mol. The number of aromatic nitrogens is 2. The van der Waals surface area contributed by atoms with Crippen LogP contribution < -0.4 is 10.6 Å². The predicted molar refractivity (Wildman–Crippen MR) is 90.9 cm³/mol. The summed E-state index contributed by atoms with van der Waals surface area (Å²) >= 11 is 0. The van der Waals surface area contributed by atoms with Crippen LogP contribution in [0.4, 0.5) is 0 Å². The molecule has 1 fully saturated rings. The molecule has 0 bridgehead atoms. The Balaban J connectivity index is 1.88. The van der Waals surface area contributed by atoms with Gasteiger partial charge in [0.2, 0.25) is 0 Å². The largest absolute Gasteiger partial charge is 0.357 e. The van der Waals surface area contributed by atoms with Gasteiger partial charge >= 0.3 is 0 Å². The molecule has 124 valence electrons. The smallest absolute Gasteiger partial charge is 0.191 e. The third-order valence-electron chi connectivity index (χ3n) is 4.27. The van der Waals surface area contributed by atoms with Crippen molar-refractivity contribution in [2.24, 2.45) is 12.0 Å². The molecule has 0 unspecified atom stereocenters. The van der Waals surface area contributed by atoms with E-state index in [1.165, 1.54) is 12.8 Å². The number of piperidine rings is 1. The van der Waals surface area contributed by atoms with Crippen LogP contribution in [0.25, 0.3) is 0 Å². The van der Waals surface area contributed by atoms with Crippen LogP contribution >= 0.6 is 0 Å². The Kier molecular flexibility index (Phi) is 6.24. The van der Waals surface area contributed by atoms with Gasteiger partial charge in [0, 0.05) is 45.0 Å². The van der Waals surface area contributed by atoms with E-state index in [1.54, 1.807) is 0 Å². The van der Waals surface area contributed by atoms with E-state index in [-0.39, 0.29) is 0 Å². The predicted octanol–water partition coefficient (Wildman–Crippen LogP) is 1.35. The molecule has 0 aromatic carbocycles. The molecule has 1 aliphatic rings. The Bertz CT molecular complexity index is 471. The van der Waals surface area contributed by atoms with Crippen molar-refractivity contribution in [3.63, 3.8) is 0 Å². The number of nitrogens with zero attached hydrogens (tertiary/aromatic N) is 4. The second-order valence-corrected chi connectivity index (χ2v) is 6.19. The van der Waals surface area contributed by atoms with Gasteiger partial charge in [-0.3, -0.25) is 4.68 Å². The number of nitrogens with one attached hydrogen (secondary N) is 2. The molecule has 2 heterocycles. The van der Waals surface area contributed by atoms with Crippen LogP contribution in [-0.4, -0.2) is 52.4 Å². The fraction of sp³-hybridized carbons (Fsp3) is 0.750. The third kappa shape index (κ3) is 4.73. The SMILES string of the molecule is CCNC(=NCc1ccnn1C)NC1CCN(C(C)C)CC1. The molecule has 0 radical (unpaired) electrons. The third-order valence-corrected chi connectivity index (χ3v) is 4.27. The van der Waals surface area contributed by atoms with Crippen LogP contribution in [0.1, 0.15) is 39.3 Å². The Morgan fingerprint density at radius 1 is 1.41 bits per heavy atom. The molecule has 6 nitrogen and oxygen atoms in total. The normalized spacial score (nSPS) is 18.0. The van der Waals surface area contributed by atoms with Crippen molar-refractivity contribution in [1.29, 1.82) is 0 Å². The molecule has 2 N–H and O–H groups in total. The summed E-state index contributed by atoms with van der Waals surface area (Å²) in [5.41, 5.74) is 1.12. The van der Waals surface area contributed by atoms with Gasteiger partial charge in [0.25, 0.3) is 0 Å². The average Bonchev–Trinajstić information content (AvgIpc) is 2.91. The monoisotopic (exact) mass is 306 g/mol. The minimum absolute atomic E-state index is 0.513. The molecule has 2 rings (SSSR count). The van der Waals surface area contributed by atoms with Gasteiger partial charge in [0.15, 0.2) is 5.96 Å². The van der Waals surface area contributed by atoms with Crippen LogP contribution in [0.3, 0.4) is 0 Å². The van der Waals surface area contributed by atoms with Crippen LogP contribution in [0.15, 0.2) is 17.3 Å². The first-order chi connectivity index (χ1) is 10.6. The van der Waals surface area contributed by atoms with Gasteiger partial charge in [0.1, 0.15) is 0 Å². The lowest BCUT2D eigenvalue weighted by molar-refractivity contribution is 0.167. The van der Waals surface area contributed by atoms with Crippen molar-refractivity contribution in [2.75, 3.05) is 19.6 Å². The van der Waals surface area contributed by atoms with Gasteiger partial charge in [-0.15, -0.1) is 0 Å². The highest BCUT2D eigenvalue weighted by molar-refractivity contribution is 5.80. The Morgan fingerprint density at radius 2 is 2.14 bits per heavy atom. The molecule has 22 heavy (non-hydrogen) atoms. The minimum atomic E-state index is 0.513. The van der Waals surface area contributed by atoms with Crippen molar-refractivity contribution in [1.82, 2.24) is 25.3 Å². The first-order valence-corrected chi connectivity index (χ1v) is 8.36. The van der Waals surface area contributed by atoms with Crippen molar-refractivity contribution in [2.45, 2.75) is 52.2 Å². The van der Waals surface area contributed by atoms with E-state index >= 15 is 0 Å². The second-order valence-electron chi connectivity index (χ2n) is 6.19. The van der Waals surface area contributed by atoms with Crippen molar-refractivity contribution in [3.8, 4) is 0 Å². The van der Waals surface area contributed by atoms with E-state index in [9.17, 15) is 0 Å². The lowest BCUT2D eigenvalue weighted by Gasteiger charge is -2.35. The summed E-state index contributed by atoms with van der Waals surface area (Å²) in [6.07, 6.45) is 4.16. The van der Waals surface area contributed by atoms with E-state index in [1.807, 2.05) is 24.0 Å². The Hall–Kier alpha value is -1.56. The minimum Gasteiger partial charge on any atom is -0.357 e. The number of likely N-dealkylation sites (tertiary alicyclic amines) is 1. The van der Waals surface area contributed by atoms with Crippen LogP contribution in [0.2, 0.25) is 0 Å².